The lowest BCUT2D eigenvalue weighted by molar-refractivity contribution is -0.259. The molecule has 3 N–H and O–H groups in total. The van der Waals surface area contributed by atoms with E-state index < -0.39 is 63.6 Å². The fraction of sp³-hybridized carbons (Fsp3) is 0.926. The lowest BCUT2D eigenvalue weighted by Gasteiger charge is -2.61. The third kappa shape index (κ3) is 5.43. The van der Waals surface area contributed by atoms with E-state index in [2.05, 4.69) is 11.7 Å². The Bertz CT molecular complexity index is 1150. The van der Waals surface area contributed by atoms with E-state index in [0.29, 0.717) is 32.1 Å². The number of rotatable bonds is 7. The summed E-state index contributed by atoms with van der Waals surface area (Å²) < 4.78 is 101. The van der Waals surface area contributed by atoms with Gasteiger partial charge < -0.3 is 14.9 Å². The van der Waals surface area contributed by atoms with Gasteiger partial charge in [0.05, 0.1) is 12.2 Å². The molecule has 41 heavy (non-hydrogen) atoms. The standard InChI is InChI=1S/C27H39F5O8S/c1-13(4-7-21(36)40-23(26(28,29)30)27(31,32)41(37,38)39)16-5-6-17-22-18(12-20(35)25(16,17)3)24(2)9-8-15(33)10-14(24)11-19(22)34/h13-19,22-23,33-34H,4-12H2,1-3H3,(H,37,38,39)/t13-,14?,15-,16-,17+,18+,19-,22+,23?,24+,25-/m1/s1. The first-order valence-corrected chi connectivity index (χ1v) is 15.6. The normalized spacial score (nSPS) is 41.1. The van der Waals surface area contributed by atoms with Crippen molar-refractivity contribution in [2.75, 3.05) is 0 Å². The van der Waals surface area contributed by atoms with Gasteiger partial charge in [-0.25, -0.2) is 0 Å². The first-order chi connectivity index (χ1) is 18.7. The minimum absolute atomic E-state index is 0.0332. The summed E-state index contributed by atoms with van der Waals surface area (Å²) in [5, 5.41) is 15.7. The SMILES string of the molecule is C[C@H](CCC(=O)OC(C(F)(F)F)C(F)(F)S(=O)(=O)O)[C@H]1CC[C@H]2[C@@H]3[C@H](O)CC4C[C@H](O)CC[C@]4(C)[C@H]3CC(=O)[C@]12C. The molecule has 236 valence electrons. The summed E-state index contributed by atoms with van der Waals surface area (Å²) in [5.74, 6) is -2.57. The van der Waals surface area contributed by atoms with Gasteiger partial charge >= 0.3 is 27.5 Å². The molecule has 0 amide bonds. The van der Waals surface area contributed by atoms with Gasteiger partial charge in [-0.2, -0.15) is 30.4 Å². The molecule has 0 radical (unpaired) electrons. The summed E-state index contributed by atoms with van der Waals surface area (Å²) in [4.78, 5) is 26.0. The van der Waals surface area contributed by atoms with E-state index in [1.54, 1.807) is 6.92 Å². The number of Topliss-reactive ketones (excluding diaryl/α,β-unsaturated/α-hetero) is 1. The Morgan fingerprint density at radius 2 is 1.71 bits per heavy atom. The van der Waals surface area contributed by atoms with Crippen molar-refractivity contribution in [1.82, 2.24) is 0 Å². The number of fused-ring (bicyclic) bond motifs is 5. The lowest BCUT2D eigenvalue weighted by Crippen LogP contribution is -2.61. The van der Waals surface area contributed by atoms with Gasteiger partial charge in [-0.1, -0.05) is 20.8 Å². The van der Waals surface area contributed by atoms with Crippen LogP contribution in [-0.2, 0) is 24.4 Å². The predicted octanol–water partition coefficient (Wildman–Crippen LogP) is 4.53. The quantitative estimate of drug-likeness (QED) is 0.215. The Hall–Kier alpha value is -1.38. The van der Waals surface area contributed by atoms with Gasteiger partial charge in [-0.3, -0.25) is 14.1 Å². The molecule has 0 saturated heterocycles. The summed E-state index contributed by atoms with van der Waals surface area (Å²) in [7, 11) is -6.53. The molecule has 0 spiro atoms. The summed E-state index contributed by atoms with van der Waals surface area (Å²) in [6, 6.07) is 0. The molecule has 0 aromatic carbocycles. The van der Waals surface area contributed by atoms with E-state index in [4.69, 9.17) is 4.55 Å². The fourth-order valence-electron chi connectivity index (χ4n) is 9.06. The predicted molar refractivity (Wildman–Crippen MR) is 134 cm³/mol. The average Bonchev–Trinajstić information content (AvgIpc) is 3.19. The zero-order chi connectivity index (χ0) is 30.9. The van der Waals surface area contributed by atoms with Crippen LogP contribution in [0, 0.1) is 46.3 Å². The lowest BCUT2D eigenvalue weighted by atomic mass is 9.43. The van der Waals surface area contributed by atoms with Gasteiger partial charge in [0.2, 0.25) is 0 Å². The van der Waals surface area contributed by atoms with Crippen molar-refractivity contribution in [3.8, 4) is 0 Å². The van der Waals surface area contributed by atoms with E-state index >= 15 is 0 Å². The van der Waals surface area contributed by atoms with Crippen molar-refractivity contribution in [3.05, 3.63) is 0 Å². The minimum atomic E-state index is -6.53. The topological polar surface area (TPSA) is 138 Å². The molecule has 8 nitrogen and oxygen atoms in total. The van der Waals surface area contributed by atoms with Gasteiger partial charge in [0.25, 0.3) is 6.10 Å². The molecular weight excluding hydrogens is 579 g/mol. The number of hydrogen-bond acceptors (Lipinski definition) is 7. The van der Waals surface area contributed by atoms with Gasteiger partial charge in [0.1, 0.15) is 5.78 Å². The van der Waals surface area contributed by atoms with Crippen LogP contribution in [0.1, 0.15) is 78.6 Å². The number of ketones is 1. The van der Waals surface area contributed by atoms with Crippen molar-refractivity contribution < 1.29 is 59.5 Å². The van der Waals surface area contributed by atoms with E-state index in [9.17, 15) is 50.2 Å². The van der Waals surface area contributed by atoms with E-state index in [-0.39, 0.29) is 53.6 Å². The van der Waals surface area contributed by atoms with Crippen LogP contribution in [-0.4, -0.2) is 64.7 Å². The first kappa shape index (κ1) is 32.5. The second-order valence-corrected chi connectivity index (χ2v) is 14.8. The molecule has 0 bridgehead atoms. The van der Waals surface area contributed by atoms with Crippen LogP contribution in [0.3, 0.4) is 0 Å². The maximum Gasteiger partial charge on any atom is 0.432 e. The number of aliphatic hydroxyl groups is 2. The largest absolute Gasteiger partial charge is 0.445 e. The average molecular weight is 619 g/mol. The molecule has 0 heterocycles. The van der Waals surface area contributed by atoms with Crippen molar-refractivity contribution in [3.63, 3.8) is 0 Å². The summed E-state index contributed by atoms with van der Waals surface area (Å²) in [5.41, 5.74) is -1.04. The molecule has 4 aliphatic rings. The highest BCUT2D eigenvalue weighted by Crippen LogP contribution is 2.67. The summed E-state index contributed by atoms with van der Waals surface area (Å²) in [6.07, 6.45) is -8.24. The Kier molecular flexibility index (Phi) is 8.45. The number of aliphatic hydroxyl groups excluding tert-OH is 2. The Morgan fingerprint density at radius 1 is 1.07 bits per heavy atom. The smallest absolute Gasteiger partial charge is 0.432 e. The second-order valence-electron chi connectivity index (χ2n) is 13.3. The Balaban J connectivity index is 1.47. The van der Waals surface area contributed by atoms with E-state index in [1.165, 1.54) is 0 Å². The van der Waals surface area contributed by atoms with Crippen LogP contribution in [0.25, 0.3) is 0 Å². The number of alkyl halides is 5. The molecule has 11 atom stereocenters. The van der Waals surface area contributed by atoms with Crippen molar-refractivity contribution in [2.24, 2.45) is 46.3 Å². The van der Waals surface area contributed by atoms with Gasteiger partial charge in [-0.15, -0.1) is 0 Å². The Morgan fingerprint density at radius 3 is 2.29 bits per heavy atom. The van der Waals surface area contributed by atoms with Crippen LogP contribution < -0.4 is 0 Å². The van der Waals surface area contributed by atoms with Crippen molar-refractivity contribution >= 4 is 21.9 Å². The molecule has 4 saturated carbocycles. The number of carbonyl (C=O) groups excluding carboxylic acids is 2. The van der Waals surface area contributed by atoms with E-state index in [0.717, 1.165) is 6.42 Å². The highest BCUT2D eigenvalue weighted by atomic mass is 32.2. The molecule has 14 heteroatoms. The summed E-state index contributed by atoms with van der Waals surface area (Å²) in [6.45, 7) is 5.72. The van der Waals surface area contributed by atoms with Gasteiger partial charge in [0, 0.05) is 18.3 Å². The minimum Gasteiger partial charge on any atom is -0.445 e. The Labute approximate surface area is 236 Å². The van der Waals surface area contributed by atoms with Crippen LogP contribution in [0.15, 0.2) is 0 Å². The van der Waals surface area contributed by atoms with Crippen LogP contribution >= 0.6 is 0 Å². The van der Waals surface area contributed by atoms with E-state index in [1.807, 2.05) is 6.92 Å². The van der Waals surface area contributed by atoms with Crippen LogP contribution in [0.4, 0.5) is 22.0 Å². The first-order valence-electron chi connectivity index (χ1n) is 14.2. The number of esters is 1. The van der Waals surface area contributed by atoms with Crippen molar-refractivity contribution in [1.29, 1.82) is 0 Å². The molecule has 4 aliphatic carbocycles. The summed E-state index contributed by atoms with van der Waals surface area (Å²) >= 11 is 0. The molecule has 0 aromatic rings. The fourth-order valence-corrected chi connectivity index (χ4v) is 9.51. The molecular formula is C27H39F5O8S. The number of carbonyl (C=O) groups is 2. The molecule has 0 aliphatic heterocycles. The molecule has 0 aromatic heterocycles. The van der Waals surface area contributed by atoms with Gasteiger partial charge in [-0.05, 0) is 85.9 Å². The third-order valence-electron chi connectivity index (χ3n) is 11.3. The molecule has 4 rings (SSSR count). The zero-order valence-electron chi connectivity index (χ0n) is 23.2. The zero-order valence-corrected chi connectivity index (χ0v) is 24.1. The number of hydrogen-bond donors (Lipinski definition) is 3. The number of halogens is 5. The molecule has 2 unspecified atom stereocenters. The van der Waals surface area contributed by atoms with Crippen LogP contribution in [0.2, 0.25) is 0 Å². The third-order valence-corrected chi connectivity index (χ3v) is 12.2. The maximum atomic E-state index is 13.8. The number of ether oxygens (including phenoxy) is 1. The highest BCUT2D eigenvalue weighted by molar-refractivity contribution is 7.86. The van der Waals surface area contributed by atoms with Crippen LogP contribution in [0.5, 0.6) is 0 Å². The molecule has 4 fully saturated rings. The van der Waals surface area contributed by atoms with Gasteiger partial charge in [0.15, 0.2) is 0 Å². The maximum absolute atomic E-state index is 13.8. The highest BCUT2D eigenvalue weighted by Gasteiger charge is 2.67. The van der Waals surface area contributed by atoms with Crippen molar-refractivity contribution in [2.45, 2.75) is 108 Å². The second kappa shape index (κ2) is 10.7. The monoisotopic (exact) mass is 618 g/mol.